The average Bonchev–Trinajstić information content (AvgIpc) is 2.67. The fraction of sp³-hybridized carbons (Fsp3) is 0.350. The number of carbonyl (C=O) groups is 1. The van der Waals surface area contributed by atoms with Gasteiger partial charge in [-0.15, -0.1) is 0 Å². The van der Waals surface area contributed by atoms with E-state index in [0.717, 1.165) is 17.6 Å². The van der Waals surface area contributed by atoms with Crippen LogP contribution >= 0.6 is 0 Å². The van der Waals surface area contributed by atoms with Gasteiger partial charge in [-0.1, -0.05) is 24.3 Å². The number of sulfonamides is 1. The number of hydrogen-bond donors (Lipinski definition) is 1. The molecule has 2 aromatic rings. The zero-order chi connectivity index (χ0) is 20.7. The Morgan fingerprint density at radius 3 is 1.96 bits per heavy atom. The summed E-state index contributed by atoms with van der Waals surface area (Å²) in [5.74, 6) is 1.23. The largest absolute Gasteiger partial charge is 0.497 e. The number of hydrogen-bond acceptors (Lipinski definition) is 5. The molecule has 1 amide bonds. The minimum Gasteiger partial charge on any atom is -0.497 e. The summed E-state index contributed by atoms with van der Waals surface area (Å²) in [6.07, 6.45) is 1.08. The number of amides is 1. The lowest BCUT2D eigenvalue weighted by Crippen LogP contribution is -2.34. The van der Waals surface area contributed by atoms with Gasteiger partial charge in [0.05, 0.1) is 26.5 Å². The van der Waals surface area contributed by atoms with Gasteiger partial charge in [-0.25, -0.2) is 13.1 Å². The van der Waals surface area contributed by atoms with Crippen molar-refractivity contribution in [2.45, 2.75) is 19.0 Å². The summed E-state index contributed by atoms with van der Waals surface area (Å²) < 4.78 is 36.3. The van der Waals surface area contributed by atoms with Gasteiger partial charge in [0.15, 0.2) is 0 Å². The second-order valence-corrected chi connectivity index (χ2v) is 8.30. The predicted octanol–water partition coefficient (Wildman–Crippen LogP) is 2.34. The third-order valence-electron chi connectivity index (χ3n) is 4.26. The van der Waals surface area contributed by atoms with Gasteiger partial charge in [0.25, 0.3) is 0 Å². The average molecular weight is 407 g/mol. The van der Waals surface area contributed by atoms with Crippen molar-refractivity contribution in [3.05, 3.63) is 59.7 Å². The molecule has 0 unspecified atom stereocenters. The van der Waals surface area contributed by atoms with Crippen LogP contribution < -0.4 is 14.2 Å². The van der Waals surface area contributed by atoms with Crippen molar-refractivity contribution in [2.24, 2.45) is 0 Å². The molecule has 0 fully saturated rings. The van der Waals surface area contributed by atoms with Crippen molar-refractivity contribution < 1.29 is 22.7 Å². The van der Waals surface area contributed by atoms with E-state index >= 15 is 0 Å². The Kier molecular flexibility index (Phi) is 7.42. The van der Waals surface area contributed by atoms with Gasteiger partial charge in [0.2, 0.25) is 15.9 Å². The first kappa shape index (κ1) is 21.7. The summed E-state index contributed by atoms with van der Waals surface area (Å²) in [6, 6.07) is 13.7. The summed E-state index contributed by atoms with van der Waals surface area (Å²) in [4.78, 5) is 14.3. The van der Waals surface area contributed by atoms with Gasteiger partial charge < -0.3 is 14.4 Å². The van der Waals surface area contributed by atoms with E-state index < -0.39 is 16.1 Å². The first-order chi connectivity index (χ1) is 13.2. The second-order valence-electron chi connectivity index (χ2n) is 6.52. The minimum atomic E-state index is -3.49. The van der Waals surface area contributed by atoms with Gasteiger partial charge in [0.1, 0.15) is 11.5 Å². The predicted molar refractivity (Wildman–Crippen MR) is 108 cm³/mol. The van der Waals surface area contributed by atoms with Crippen LogP contribution in [-0.2, 0) is 21.4 Å². The molecule has 7 nitrogen and oxygen atoms in total. The van der Waals surface area contributed by atoms with E-state index in [1.165, 1.54) is 0 Å². The van der Waals surface area contributed by atoms with Crippen LogP contribution in [0.25, 0.3) is 0 Å². The highest BCUT2D eigenvalue weighted by Crippen LogP contribution is 2.22. The van der Waals surface area contributed by atoms with Gasteiger partial charge in [-0.2, -0.15) is 0 Å². The number of nitrogens with one attached hydrogen (secondary N) is 1. The van der Waals surface area contributed by atoms with Crippen LogP contribution in [0.15, 0.2) is 48.5 Å². The Morgan fingerprint density at radius 1 is 1.00 bits per heavy atom. The molecule has 0 saturated carbocycles. The molecule has 0 aliphatic rings. The standard InChI is InChI=1S/C20H26N2O5S/c1-22(14-15-5-9-17(26-2)10-6-15)20(23)13-19(21-28(4,24)25)16-7-11-18(27-3)12-8-16/h5-12,19,21H,13-14H2,1-4H3/t19-/m0/s1. The Bertz CT molecular complexity index is 880. The molecule has 0 radical (unpaired) electrons. The molecule has 1 atom stereocenters. The lowest BCUT2D eigenvalue weighted by Gasteiger charge is -2.22. The number of rotatable bonds is 9. The summed E-state index contributed by atoms with van der Waals surface area (Å²) >= 11 is 0. The molecule has 1 N–H and O–H groups in total. The SMILES string of the molecule is COc1ccc(CN(C)C(=O)C[C@H](NS(C)(=O)=O)c2ccc(OC)cc2)cc1. The minimum absolute atomic E-state index is 0.00601. The summed E-state index contributed by atoms with van der Waals surface area (Å²) in [5, 5.41) is 0. The lowest BCUT2D eigenvalue weighted by molar-refractivity contribution is -0.130. The molecular formula is C20H26N2O5S. The second kappa shape index (κ2) is 9.57. The van der Waals surface area contributed by atoms with Crippen molar-refractivity contribution in [2.75, 3.05) is 27.5 Å². The fourth-order valence-electron chi connectivity index (χ4n) is 2.75. The summed E-state index contributed by atoms with van der Waals surface area (Å²) in [6.45, 7) is 0.414. The topological polar surface area (TPSA) is 84.9 Å². The molecule has 0 heterocycles. The molecule has 28 heavy (non-hydrogen) atoms. The Morgan fingerprint density at radius 2 is 1.50 bits per heavy atom. The zero-order valence-electron chi connectivity index (χ0n) is 16.5. The molecule has 0 aromatic heterocycles. The highest BCUT2D eigenvalue weighted by Gasteiger charge is 2.22. The fourth-order valence-corrected chi connectivity index (χ4v) is 3.48. The Balaban J connectivity index is 2.11. The van der Waals surface area contributed by atoms with Crippen LogP contribution in [0.3, 0.4) is 0 Å². The zero-order valence-corrected chi connectivity index (χ0v) is 17.3. The molecule has 2 aromatic carbocycles. The van der Waals surface area contributed by atoms with Crippen LogP contribution in [0.1, 0.15) is 23.6 Å². The van der Waals surface area contributed by atoms with E-state index in [1.54, 1.807) is 50.4 Å². The maximum Gasteiger partial charge on any atom is 0.224 e. The smallest absolute Gasteiger partial charge is 0.224 e. The monoisotopic (exact) mass is 406 g/mol. The van der Waals surface area contributed by atoms with Crippen LogP contribution in [-0.4, -0.2) is 46.7 Å². The third kappa shape index (κ3) is 6.54. The molecule has 0 aliphatic heterocycles. The molecule has 2 rings (SSSR count). The molecule has 0 saturated heterocycles. The highest BCUT2D eigenvalue weighted by atomic mass is 32.2. The number of nitrogens with zero attached hydrogens (tertiary/aromatic N) is 1. The Labute approximate surface area is 166 Å². The molecule has 8 heteroatoms. The van der Waals surface area contributed by atoms with E-state index in [4.69, 9.17) is 9.47 Å². The maximum atomic E-state index is 12.7. The van der Waals surface area contributed by atoms with Gasteiger partial charge >= 0.3 is 0 Å². The number of carbonyl (C=O) groups excluding carboxylic acids is 1. The van der Waals surface area contributed by atoms with Crippen LogP contribution in [0.5, 0.6) is 11.5 Å². The van der Waals surface area contributed by atoms with E-state index in [9.17, 15) is 13.2 Å². The van der Waals surface area contributed by atoms with E-state index in [-0.39, 0.29) is 12.3 Å². The lowest BCUT2D eigenvalue weighted by atomic mass is 10.0. The number of methoxy groups -OCH3 is 2. The van der Waals surface area contributed by atoms with E-state index in [2.05, 4.69) is 4.72 Å². The first-order valence-electron chi connectivity index (χ1n) is 8.70. The van der Waals surface area contributed by atoms with Crippen molar-refractivity contribution in [3.63, 3.8) is 0 Å². The summed E-state index contributed by atoms with van der Waals surface area (Å²) in [5.41, 5.74) is 1.64. The van der Waals surface area contributed by atoms with Gasteiger partial charge in [-0.05, 0) is 35.4 Å². The number of benzene rings is 2. The van der Waals surface area contributed by atoms with Gasteiger partial charge in [-0.3, -0.25) is 4.79 Å². The van der Waals surface area contributed by atoms with Crippen molar-refractivity contribution in [1.82, 2.24) is 9.62 Å². The van der Waals surface area contributed by atoms with Gasteiger partial charge in [0, 0.05) is 20.0 Å². The van der Waals surface area contributed by atoms with Crippen molar-refractivity contribution in [3.8, 4) is 11.5 Å². The van der Waals surface area contributed by atoms with Crippen LogP contribution in [0.2, 0.25) is 0 Å². The third-order valence-corrected chi connectivity index (χ3v) is 4.97. The molecule has 0 spiro atoms. The van der Waals surface area contributed by atoms with E-state index in [0.29, 0.717) is 17.9 Å². The molecule has 0 aliphatic carbocycles. The van der Waals surface area contributed by atoms with Crippen molar-refractivity contribution >= 4 is 15.9 Å². The van der Waals surface area contributed by atoms with Crippen molar-refractivity contribution in [1.29, 1.82) is 0 Å². The molecular weight excluding hydrogens is 380 g/mol. The highest BCUT2D eigenvalue weighted by molar-refractivity contribution is 7.88. The number of ether oxygens (including phenoxy) is 2. The maximum absolute atomic E-state index is 12.7. The van der Waals surface area contributed by atoms with Crippen LogP contribution in [0, 0.1) is 0 Å². The molecule has 0 bridgehead atoms. The first-order valence-corrected chi connectivity index (χ1v) is 10.6. The summed E-state index contributed by atoms with van der Waals surface area (Å²) in [7, 11) is 1.35. The van der Waals surface area contributed by atoms with E-state index in [1.807, 2.05) is 24.3 Å². The molecule has 152 valence electrons. The Hall–Kier alpha value is -2.58. The normalized spacial score (nSPS) is 12.3. The van der Waals surface area contributed by atoms with Crippen LogP contribution in [0.4, 0.5) is 0 Å². The quantitative estimate of drug-likeness (QED) is 0.691.